The first-order chi connectivity index (χ1) is 7.86. The summed E-state index contributed by atoms with van der Waals surface area (Å²) in [6.07, 6.45) is 5.38. The fourth-order valence-corrected chi connectivity index (χ4v) is 1.95. The van der Waals surface area contributed by atoms with Gasteiger partial charge in [-0.2, -0.15) is 0 Å². The van der Waals surface area contributed by atoms with Crippen molar-refractivity contribution in [1.29, 1.82) is 0 Å². The number of fused-ring (bicyclic) bond motifs is 1. The molecule has 0 saturated carbocycles. The van der Waals surface area contributed by atoms with Crippen molar-refractivity contribution in [1.82, 2.24) is 5.17 Å². The molecule has 2 rings (SSSR count). The molecule has 0 aliphatic carbocycles. The summed E-state index contributed by atoms with van der Waals surface area (Å²) in [5, 5.41) is 4.08. The van der Waals surface area contributed by atoms with E-state index in [1.54, 1.807) is 7.11 Å². The highest BCUT2D eigenvalue weighted by molar-refractivity contribution is 5.70. The maximum Gasteiger partial charge on any atom is 0.0620 e. The second-order valence-electron chi connectivity index (χ2n) is 3.80. The van der Waals surface area contributed by atoms with Crippen LogP contribution in [0.4, 0.5) is 5.69 Å². The van der Waals surface area contributed by atoms with Gasteiger partial charge in [0.25, 0.3) is 0 Å². The van der Waals surface area contributed by atoms with Crippen LogP contribution in [0.5, 0.6) is 0 Å². The molecular weight excluding hydrogens is 200 g/mol. The van der Waals surface area contributed by atoms with Crippen LogP contribution in [-0.2, 0) is 4.84 Å². The molecule has 0 N–H and O–H groups in total. The topological polar surface area (TPSA) is 15.7 Å². The normalized spacial score (nSPS) is 14.3. The SMILES string of the molecule is CCCN(OC)N1CC=Cc2ccccc21. The number of nitrogens with zero attached hydrogens (tertiary/aromatic N) is 2. The second kappa shape index (κ2) is 5.14. The van der Waals surface area contributed by atoms with E-state index in [0.717, 1.165) is 19.5 Å². The molecule has 0 atom stereocenters. The lowest BCUT2D eigenvalue weighted by Crippen LogP contribution is -2.43. The predicted molar refractivity (Wildman–Crippen MR) is 66.8 cm³/mol. The molecule has 0 saturated heterocycles. The number of hydrazine groups is 1. The average Bonchev–Trinajstić information content (AvgIpc) is 2.35. The Balaban J connectivity index is 2.26. The number of benzene rings is 1. The number of para-hydroxylation sites is 1. The van der Waals surface area contributed by atoms with Crippen LogP contribution in [0.1, 0.15) is 18.9 Å². The van der Waals surface area contributed by atoms with Crippen LogP contribution in [0.2, 0.25) is 0 Å². The number of hydroxylamine groups is 1. The van der Waals surface area contributed by atoms with Gasteiger partial charge in [0.1, 0.15) is 0 Å². The van der Waals surface area contributed by atoms with Crippen LogP contribution in [0, 0.1) is 0 Å². The Bertz CT molecular complexity index is 376. The third-order valence-electron chi connectivity index (χ3n) is 2.69. The summed E-state index contributed by atoms with van der Waals surface area (Å²) in [4.78, 5) is 5.41. The van der Waals surface area contributed by atoms with E-state index in [1.807, 2.05) is 5.17 Å². The van der Waals surface area contributed by atoms with Gasteiger partial charge >= 0.3 is 0 Å². The molecular formula is C13H18N2O. The number of anilines is 1. The van der Waals surface area contributed by atoms with Crippen molar-refractivity contribution in [3.8, 4) is 0 Å². The molecule has 0 radical (unpaired) electrons. The van der Waals surface area contributed by atoms with Gasteiger partial charge in [-0.05, 0) is 18.1 Å². The van der Waals surface area contributed by atoms with E-state index in [4.69, 9.17) is 4.84 Å². The zero-order valence-corrected chi connectivity index (χ0v) is 9.89. The van der Waals surface area contributed by atoms with Gasteiger partial charge in [0, 0.05) is 6.54 Å². The van der Waals surface area contributed by atoms with Crippen LogP contribution in [-0.4, -0.2) is 25.4 Å². The molecule has 0 amide bonds. The van der Waals surface area contributed by atoms with Gasteiger partial charge in [0.15, 0.2) is 0 Å². The minimum absolute atomic E-state index is 0.866. The lowest BCUT2D eigenvalue weighted by Gasteiger charge is -2.36. The Morgan fingerprint density at radius 3 is 2.94 bits per heavy atom. The Hall–Kier alpha value is -1.32. The monoisotopic (exact) mass is 218 g/mol. The highest BCUT2D eigenvalue weighted by Crippen LogP contribution is 2.26. The van der Waals surface area contributed by atoms with Crippen molar-refractivity contribution < 1.29 is 4.84 Å². The molecule has 16 heavy (non-hydrogen) atoms. The van der Waals surface area contributed by atoms with Crippen LogP contribution in [0.25, 0.3) is 6.08 Å². The van der Waals surface area contributed by atoms with E-state index in [0.29, 0.717) is 0 Å². The molecule has 0 bridgehead atoms. The molecule has 1 aromatic rings. The number of hydrogen-bond acceptors (Lipinski definition) is 3. The van der Waals surface area contributed by atoms with E-state index in [2.05, 4.69) is 48.4 Å². The quantitative estimate of drug-likeness (QED) is 0.723. The van der Waals surface area contributed by atoms with Crippen molar-refractivity contribution in [3.63, 3.8) is 0 Å². The summed E-state index contributed by atoms with van der Waals surface area (Å²) in [6.45, 7) is 3.92. The maximum atomic E-state index is 5.41. The molecule has 1 aromatic carbocycles. The van der Waals surface area contributed by atoms with Crippen molar-refractivity contribution in [2.45, 2.75) is 13.3 Å². The summed E-state index contributed by atoms with van der Waals surface area (Å²) in [5.41, 5.74) is 2.45. The number of hydrogen-bond donors (Lipinski definition) is 0. The molecule has 0 fully saturated rings. The highest BCUT2D eigenvalue weighted by atomic mass is 16.7. The van der Waals surface area contributed by atoms with E-state index in [-0.39, 0.29) is 0 Å². The molecule has 1 aliphatic heterocycles. The molecule has 0 aromatic heterocycles. The molecule has 86 valence electrons. The smallest absolute Gasteiger partial charge is 0.0620 e. The fourth-order valence-electron chi connectivity index (χ4n) is 1.95. The Kier molecular flexibility index (Phi) is 3.59. The molecule has 1 aliphatic rings. The van der Waals surface area contributed by atoms with Gasteiger partial charge in [-0.25, -0.2) is 0 Å². The number of rotatable bonds is 4. The predicted octanol–water partition coefficient (Wildman–Crippen LogP) is 2.71. The minimum atomic E-state index is 0.866. The third-order valence-corrected chi connectivity index (χ3v) is 2.69. The van der Waals surface area contributed by atoms with Crippen molar-refractivity contribution in [3.05, 3.63) is 35.9 Å². The van der Waals surface area contributed by atoms with Gasteiger partial charge < -0.3 is 0 Å². The first-order valence-corrected chi connectivity index (χ1v) is 5.71. The van der Waals surface area contributed by atoms with E-state index in [9.17, 15) is 0 Å². The van der Waals surface area contributed by atoms with Crippen molar-refractivity contribution in [2.24, 2.45) is 0 Å². The van der Waals surface area contributed by atoms with Gasteiger partial charge in [0.2, 0.25) is 0 Å². The molecule has 0 spiro atoms. The lowest BCUT2D eigenvalue weighted by atomic mass is 10.1. The van der Waals surface area contributed by atoms with E-state index >= 15 is 0 Å². The molecule has 3 heteroatoms. The van der Waals surface area contributed by atoms with Crippen LogP contribution < -0.4 is 5.01 Å². The summed E-state index contributed by atoms with van der Waals surface area (Å²) < 4.78 is 0. The summed E-state index contributed by atoms with van der Waals surface area (Å²) >= 11 is 0. The average molecular weight is 218 g/mol. The molecule has 3 nitrogen and oxygen atoms in total. The third kappa shape index (κ3) is 2.10. The molecule has 0 unspecified atom stereocenters. The zero-order chi connectivity index (χ0) is 11.4. The van der Waals surface area contributed by atoms with Crippen molar-refractivity contribution in [2.75, 3.05) is 25.2 Å². The van der Waals surface area contributed by atoms with Gasteiger partial charge in [-0.15, -0.1) is 0 Å². The standard InChI is InChI=1S/C13H18N2O/c1-3-10-15(16-2)14-11-6-8-12-7-4-5-9-13(12)14/h4-9H,3,10-11H2,1-2H3. The van der Waals surface area contributed by atoms with E-state index < -0.39 is 0 Å². The molecule has 1 heterocycles. The first-order valence-electron chi connectivity index (χ1n) is 5.71. The van der Waals surface area contributed by atoms with Crippen LogP contribution in [0.15, 0.2) is 30.3 Å². The van der Waals surface area contributed by atoms with Gasteiger partial charge in [-0.3, -0.25) is 9.85 Å². The Morgan fingerprint density at radius 1 is 1.38 bits per heavy atom. The van der Waals surface area contributed by atoms with Crippen LogP contribution in [0.3, 0.4) is 0 Å². The summed E-state index contributed by atoms with van der Waals surface area (Å²) in [5.74, 6) is 0. The second-order valence-corrected chi connectivity index (χ2v) is 3.80. The Morgan fingerprint density at radius 2 is 2.19 bits per heavy atom. The largest absolute Gasteiger partial charge is 0.283 e. The van der Waals surface area contributed by atoms with Crippen LogP contribution >= 0.6 is 0 Å². The maximum absolute atomic E-state index is 5.41. The van der Waals surface area contributed by atoms with E-state index in [1.165, 1.54) is 11.3 Å². The van der Waals surface area contributed by atoms with Gasteiger partial charge in [0.05, 0.1) is 19.3 Å². The summed E-state index contributed by atoms with van der Waals surface area (Å²) in [6, 6.07) is 8.37. The van der Waals surface area contributed by atoms with Crippen molar-refractivity contribution >= 4 is 11.8 Å². The minimum Gasteiger partial charge on any atom is -0.283 e. The first kappa shape index (κ1) is 11.2. The Labute approximate surface area is 96.8 Å². The zero-order valence-electron chi connectivity index (χ0n) is 9.89. The lowest BCUT2D eigenvalue weighted by molar-refractivity contribution is -0.139. The summed E-state index contributed by atoms with van der Waals surface area (Å²) in [7, 11) is 1.72. The highest BCUT2D eigenvalue weighted by Gasteiger charge is 2.18. The van der Waals surface area contributed by atoms with Gasteiger partial charge in [-0.1, -0.05) is 42.4 Å². The fraction of sp³-hybridized carbons (Fsp3) is 0.385.